The summed E-state index contributed by atoms with van der Waals surface area (Å²) in [5.41, 5.74) is 3.21. The van der Waals surface area contributed by atoms with Gasteiger partial charge in [-0.05, 0) is 124 Å². The number of carbonyl (C=O) groups excluding carboxylic acids is 2. The second kappa shape index (κ2) is 21.5. The standard InChI is InChI=1S/C51H66N2O10/c1-8-23-53(47(57)28-34-15-14-17-37(27-34)58-6)46-32-43(52-63-50(3,4)5)41-30-35(16-10-12-24-54)40(18-11-13-25-55)48-42-31-39(61-38-19-21-44(59-7)36(29-38)33-56)20-22-45(42)62-51(46,49(41)48)60-26-9-2/h9,14-15,17,19-22,27,29-31,33,35,40,46,48-49,54-55H,2,8,10-13,16,18,23-26,28,32H2,1,3-7H3/t35-,40+,46-,48+,49+,51+/m0/s1. The average molecular weight is 867 g/mol. The van der Waals surface area contributed by atoms with Gasteiger partial charge < -0.3 is 43.6 Å². The first-order chi connectivity index (χ1) is 30.4. The van der Waals surface area contributed by atoms with Gasteiger partial charge in [0.05, 0.1) is 44.4 Å². The van der Waals surface area contributed by atoms with E-state index in [1.165, 1.54) is 7.11 Å². The molecule has 0 bridgehead atoms. The quantitative estimate of drug-likeness (QED) is 0.0434. The summed E-state index contributed by atoms with van der Waals surface area (Å²) in [6.45, 7) is 12.8. The summed E-state index contributed by atoms with van der Waals surface area (Å²) >= 11 is 0. The highest BCUT2D eigenvalue weighted by molar-refractivity contribution is 6.03. The largest absolute Gasteiger partial charge is 0.497 e. The molecular formula is C51H66N2O10. The van der Waals surface area contributed by atoms with Gasteiger partial charge in [0.2, 0.25) is 11.7 Å². The first kappa shape index (κ1) is 47.3. The molecule has 1 saturated carbocycles. The zero-order chi connectivity index (χ0) is 45.1. The number of hydrogen-bond acceptors (Lipinski definition) is 11. The second-order valence-electron chi connectivity index (χ2n) is 17.7. The highest BCUT2D eigenvalue weighted by Crippen LogP contribution is 2.62. The molecule has 0 aromatic heterocycles. The summed E-state index contributed by atoms with van der Waals surface area (Å²) in [5.74, 6) is 0.687. The van der Waals surface area contributed by atoms with Gasteiger partial charge in [-0.25, -0.2) is 0 Å². The fraction of sp³-hybridized carbons (Fsp3) is 0.510. The molecule has 6 rings (SSSR count). The Morgan fingerprint density at radius 3 is 2.40 bits per heavy atom. The van der Waals surface area contributed by atoms with Crippen LogP contribution in [0.2, 0.25) is 0 Å². The molecule has 1 heterocycles. The van der Waals surface area contributed by atoms with E-state index < -0.39 is 23.3 Å². The number of amides is 1. The number of aliphatic hydroxyl groups is 2. The SMILES string of the molecule is C=CCO[C@@]12Oc3ccc(Oc4ccc(OC)c(C=O)c4)cc3[C@H]3[C@H](CCCCO)[C@@H](CCCCO)C=C(C(=NOC(C)(C)C)C[C@@H]1N(CCC)C(=O)Cc1cccc(OC)c1)[C@H]32. The molecular weight excluding hydrogens is 801 g/mol. The molecule has 12 heteroatoms. The van der Waals surface area contributed by atoms with E-state index in [0.29, 0.717) is 66.5 Å². The summed E-state index contributed by atoms with van der Waals surface area (Å²) < 4.78 is 31.9. The van der Waals surface area contributed by atoms with Crippen LogP contribution in [0.15, 0.2) is 90.1 Å². The Hall–Kier alpha value is -5.17. The highest BCUT2D eigenvalue weighted by atomic mass is 16.7. The first-order valence-corrected chi connectivity index (χ1v) is 22.4. The normalized spacial score (nSPS) is 23.1. The van der Waals surface area contributed by atoms with Crippen LogP contribution in [0.5, 0.6) is 28.7 Å². The van der Waals surface area contributed by atoms with E-state index in [4.69, 9.17) is 33.7 Å². The molecule has 3 aliphatic rings. The Labute approximate surface area is 372 Å². The van der Waals surface area contributed by atoms with E-state index in [1.54, 1.807) is 31.4 Å². The summed E-state index contributed by atoms with van der Waals surface area (Å²) in [5, 5.41) is 24.9. The first-order valence-electron chi connectivity index (χ1n) is 22.4. The minimum Gasteiger partial charge on any atom is -0.497 e. The van der Waals surface area contributed by atoms with Gasteiger partial charge in [-0.1, -0.05) is 49.2 Å². The number of unbranched alkanes of at least 4 members (excludes halogenated alkanes) is 2. The number of allylic oxidation sites excluding steroid dienone is 1. The van der Waals surface area contributed by atoms with Crippen LogP contribution in [0.3, 0.4) is 0 Å². The molecule has 0 spiro atoms. The van der Waals surface area contributed by atoms with Gasteiger partial charge in [0.1, 0.15) is 40.4 Å². The topological polar surface area (TPSA) is 146 Å². The molecule has 0 unspecified atom stereocenters. The van der Waals surface area contributed by atoms with Crippen LogP contribution in [0.1, 0.15) is 106 Å². The lowest BCUT2D eigenvalue weighted by Crippen LogP contribution is -2.70. The number of nitrogens with zero attached hydrogens (tertiary/aromatic N) is 2. The van der Waals surface area contributed by atoms with Crippen molar-refractivity contribution in [3.63, 3.8) is 0 Å². The van der Waals surface area contributed by atoms with Gasteiger partial charge in [-0.15, -0.1) is 6.58 Å². The number of oxime groups is 1. The molecule has 63 heavy (non-hydrogen) atoms. The Kier molecular flexibility index (Phi) is 16.1. The molecule has 1 fully saturated rings. The summed E-state index contributed by atoms with van der Waals surface area (Å²) in [4.78, 5) is 35.1. The molecule has 340 valence electrons. The van der Waals surface area contributed by atoms with Crippen molar-refractivity contribution < 1.29 is 48.3 Å². The van der Waals surface area contributed by atoms with E-state index in [9.17, 15) is 19.8 Å². The monoisotopic (exact) mass is 866 g/mol. The number of carbonyl (C=O) groups is 2. The van der Waals surface area contributed by atoms with Crippen LogP contribution in [0, 0.1) is 17.8 Å². The number of methoxy groups -OCH3 is 2. The number of aldehydes is 1. The van der Waals surface area contributed by atoms with Crippen molar-refractivity contribution in [2.24, 2.45) is 22.9 Å². The number of hydrogen-bond donors (Lipinski definition) is 2. The molecule has 2 N–H and O–H groups in total. The van der Waals surface area contributed by atoms with Crippen molar-refractivity contribution in [3.05, 3.63) is 102 Å². The van der Waals surface area contributed by atoms with E-state index in [0.717, 1.165) is 54.4 Å². The smallest absolute Gasteiger partial charge is 0.239 e. The Morgan fingerprint density at radius 1 is 0.968 bits per heavy atom. The third-order valence-electron chi connectivity index (χ3n) is 12.3. The maximum atomic E-state index is 14.9. The molecule has 12 nitrogen and oxygen atoms in total. The summed E-state index contributed by atoms with van der Waals surface area (Å²) in [7, 11) is 3.13. The predicted octanol–water partition coefficient (Wildman–Crippen LogP) is 9.22. The van der Waals surface area contributed by atoms with Crippen molar-refractivity contribution in [2.45, 2.75) is 109 Å². The van der Waals surface area contributed by atoms with Crippen LogP contribution in [-0.4, -0.2) is 91.0 Å². The van der Waals surface area contributed by atoms with Crippen LogP contribution < -0.4 is 18.9 Å². The molecule has 0 saturated heterocycles. The molecule has 2 aliphatic carbocycles. The van der Waals surface area contributed by atoms with Gasteiger partial charge in [-0.2, -0.15) is 0 Å². The van der Waals surface area contributed by atoms with Gasteiger partial charge in [0, 0.05) is 37.7 Å². The fourth-order valence-electron chi connectivity index (χ4n) is 9.66. The molecule has 6 atom stereocenters. The Morgan fingerprint density at radius 2 is 1.71 bits per heavy atom. The number of benzene rings is 3. The third-order valence-corrected chi connectivity index (χ3v) is 12.3. The Balaban J connectivity index is 1.59. The van der Waals surface area contributed by atoms with E-state index in [2.05, 4.69) is 19.6 Å². The lowest BCUT2D eigenvalue weighted by Gasteiger charge is -2.60. The molecule has 0 radical (unpaired) electrons. The maximum absolute atomic E-state index is 14.9. The predicted molar refractivity (Wildman–Crippen MR) is 243 cm³/mol. The maximum Gasteiger partial charge on any atom is 0.239 e. The molecule has 3 aromatic rings. The lowest BCUT2D eigenvalue weighted by atomic mass is 9.55. The highest BCUT2D eigenvalue weighted by Gasteiger charge is 2.65. The van der Waals surface area contributed by atoms with Crippen molar-refractivity contribution >= 4 is 17.9 Å². The van der Waals surface area contributed by atoms with E-state index in [-0.39, 0.29) is 49.9 Å². The zero-order valence-corrected chi connectivity index (χ0v) is 37.8. The van der Waals surface area contributed by atoms with Gasteiger partial charge in [0.15, 0.2) is 6.29 Å². The van der Waals surface area contributed by atoms with Gasteiger partial charge in [0.25, 0.3) is 0 Å². The van der Waals surface area contributed by atoms with Crippen molar-refractivity contribution in [1.29, 1.82) is 0 Å². The summed E-state index contributed by atoms with van der Waals surface area (Å²) in [6, 6.07) is 17.9. The van der Waals surface area contributed by atoms with E-state index in [1.807, 2.05) is 68.1 Å². The van der Waals surface area contributed by atoms with Crippen LogP contribution in [-0.2, 0) is 20.8 Å². The minimum atomic E-state index is -1.39. The minimum absolute atomic E-state index is 0.0342. The second-order valence-corrected chi connectivity index (χ2v) is 17.7. The summed E-state index contributed by atoms with van der Waals surface area (Å²) in [6.07, 6.45) is 10.5. The fourth-order valence-corrected chi connectivity index (χ4v) is 9.66. The molecule has 1 amide bonds. The number of fused-ring (bicyclic) bond motifs is 2. The molecule has 3 aromatic carbocycles. The molecule has 1 aliphatic heterocycles. The van der Waals surface area contributed by atoms with E-state index >= 15 is 0 Å². The number of aliphatic hydroxyl groups excluding tert-OH is 2. The Bertz CT molecular complexity index is 2110. The zero-order valence-electron chi connectivity index (χ0n) is 37.8. The van der Waals surface area contributed by atoms with Crippen LogP contribution in [0.25, 0.3) is 0 Å². The third kappa shape index (κ3) is 10.8. The number of rotatable bonds is 22. The lowest BCUT2D eigenvalue weighted by molar-refractivity contribution is -0.257. The van der Waals surface area contributed by atoms with Crippen molar-refractivity contribution in [3.8, 4) is 28.7 Å². The van der Waals surface area contributed by atoms with Gasteiger partial charge >= 0.3 is 0 Å². The number of ether oxygens (including phenoxy) is 5. The average Bonchev–Trinajstić information content (AvgIpc) is 3.27. The van der Waals surface area contributed by atoms with Crippen LogP contribution in [0.4, 0.5) is 0 Å². The van der Waals surface area contributed by atoms with Crippen molar-refractivity contribution in [1.82, 2.24) is 4.90 Å². The van der Waals surface area contributed by atoms with Gasteiger partial charge in [-0.3, -0.25) is 9.59 Å². The van der Waals surface area contributed by atoms with Crippen LogP contribution >= 0.6 is 0 Å². The van der Waals surface area contributed by atoms with Crippen molar-refractivity contribution in [2.75, 3.05) is 40.6 Å².